The number of carbonyl (C=O) groups is 1. The van der Waals surface area contributed by atoms with Gasteiger partial charge in [0.2, 0.25) is 5.91 Å². The number of unbranched alkanes of at least 4 members (excludes halogenated alkanes) is 1. The molecule has 0 saturated heterocycles. The third-order valence-electron chi connectivity index (χ3n) is 4.61. The summed E-state index contributed by atoms with van der Waals surface area (Å²) in [7, 11) is 1.74. The van der Waals surface area contributed by atoms with Gasteiger partial charge in [-0.05, 0) is 29.9 Å². The summed E-state index contributed by atoms with van der Waals surface area (Å²) >= 11 is 0. The van der Waals surface area contributed by atoms with Crippen LogP contribution in [0.5, 0.6) is 0 Å². The number of hydrogen-bond acceptors (Lipinski definition) is 2. The fourth-order valence-corrected chi connectivity index (χ4v) is 3.08. The normalized spacial score (nSPS) is 14.4. The van der Waals surface area contributed by atoms with Crippen LogP contribution in [0.25, 0.3) is 0 Å². The standard InChI is InChI=1S/C20H32N4O/c1-16(2)8-6-7-12-22-20(21-3)23-14-19(25)24-13-11-17-9-4-5-10-18(17)15-24/h4-5,9-10,16H,6-8,11-15H2,1-3H3,(H2,21,22,23). The molecular weight excluding hydrogens is 312 g/mol. The number of benzene rings is 1. The molecule has 2 rings (SSSR count). The van der Waals surface area contributed by atoms with Gasteiger partial charge in [-0.2, -0.15) is 0 Å². The molecule has 1 aliphatic rings. The third-order valence-corrected chi connectivity index (χ3v) is 4.61. The minimum Gasteiger partial charge on any atom is -0.356 e. The molecule has 0 spiro atoms. The second kappa shape index (κ2) is 10.1. The van der Waals surface area contributed by atoms with Crippen LogP contribution in [-0.2, 0) is 17.8 Å². The highest BCUT2D eigenvalue weighted by Gasteiger charge is 2.20. The van der Waals surface area contributed by atoms with Crippen molar-refractivity contribution >= 4 is 11.9 Å². The summed E-state index contributed by atoms with van der Waals surface area (Å²) < 4.78 is 0. The van der Waals surface area contributed by atoms with Crippen molar-refractivity contribution in [2.75, 3.05) is 26.7 Å². The van der Waals surface area contributed by atoms with E-state index in [0.29, 0.717) is 12.5 Å². The Bertz CT molecular complexity index is 583. The van der Waals surface area contributed by atoms with Gasteiger partial charge in [-0.3, -0.25) is 9.79 Å². The molecule has 1 aromatic rings. The first-order valence-corrected chi connectivity index (χ1v) is 9.39. The summed E-state index contributed by atoms with van der Waals surface area (Å²) in [6.07, 6.45) is 4.52. The predicted octanol–water partition coefficient (Wildman–Crippen LogP) is 2.56. The Hall–Kier alpha value is -2.04. The van der Waals surface area contributed by atoms with E-state index < -0.39 is 0 Å². The van der Waals surface area contributed by atoms with E-state index in [9.17, 15) is 4.79 Å². The molecular formula is C20H32N4O. The van der Waals surface area contributed by atoms with Crippen molar-refractivity contribution < 1.29 is 4.79 Å². The Labute approximate surface area is 151 Å². The van der Waals surface area contributed by atoms with Gasteiger partial charge in [0.1, 0.15) is 0 Å². The average Bonchev–Trinajstić information content (AvgIpc) is 2.63. The van der Waals surface area contributed by atoms with E-state index in [2.05, 4.69) is 47.7 Å². The first kappa shape index (κ1) is 19.3. The van der Waals surface area contributed by atoms with Crippen LogP contribution in [-0.4, -0.2) is 43.4 Å². The number of nitrogens with one attached hydrogen (secondary N) is 2. The smallest absolute Gasteiger partial charge is 0.242 e. The van der Waals surface area contributed by atoms with Gasteiger partial charge in [-0.15, -0.1) is 0 Å². The van der Waals surface area contributed by atoms with Crippen molar-refractivity contribution in [3.8, 4) is 0 Å². The SMILES string of the molecule is CN=C(NCCCCC(C)C)NCC(=O)N1CCc2ccccc2C1. The van der Waals surface area contributed by atoms with Crippen LogP contribution < -0.4 is 10.6 Å². The van der Waals surface area contributed by atoms with E-state index in [-0.39, 0.29) is 12.5 Å². The fraction of sp³-hybridized carbons (Fsp3) is 0.600. The van der Waals surface area contributed by atoms with E-state index in [1.165, 1.54) is 24.0 Å². The van der Waals surface area contributed by atoms with Crippen LogP contribution in [0.15, 0.2) is 29.3 Å². The lowest BCUT2D eigenvalue weighted by atomic mass is 10.00. The quantitative estimate of drug-likeness (QED) is 0.454. The molecule has 1 aromatic carbocycles. The number of aliphatic imine (C=N–C) groups is 1. The van der Waals surface area contributed by atoms with Crippen molar-refractivity contribution in [2.45, 2.75) is 46.1 Å². The number of rotatable bonds is 7. The maximum absolute atomic E-state index is 12.5. The number of nitrogens with zero attached hydrogens (tertiary/aromatic N) is 2. The molecule has 2 N–H and O–H groups in total. The summed E-state index contributed by atoms with van der Waals surface area (Å²) in [5.74, 6) is 1.58. The van der Waals surface area contributed by atoms with Gasteiger partial charge in [-0.1, -0.05) is 51.0 Å². The van der Waals surface area contributed by atoms with Crippen molar-refractivity contribution in [1.82, 2.24) is 15.5 Å². The zero-order valence-corrected chi connectivity index (χ0v) is 15.8. The maximum atomic E-state index is 12.5. The Balaban J connectivity index is 1.70. The molecule has 1 heterocycles. The zero-order valence-electron chi connectivity index (χ0n) is 15.8. The average molecular weight is 345 g/mol. The van der Waals surface area contributed by atoms with Crippen molar-refractivity contribution in [2.24, 2.45) is 10.9 Å². The Morgan fingerprint density at radius 3 is 2.68 bits per heavy atom. The zero-order chi connectivity index (χ0) is 18.1. The number of guanidine groups is 1. The van der Waals surface area contributed by atoms with Crippen LogP contribution in [0.1, 0.15) is 44.2 Å². The minimum absolute atomic E-state index is 0.122. The lowest BCUT2D eigenvalue weighted by molar-refractivity contribution is -0.130. The lowest BCUT2D eigenvalue weighted by Gasteiger charge is -2.29. The highest BCUT2D eigenvalue weighted by Crippen LogP contribution is 2.18. The molecule has 0 bridgehead atoms. The molecule has 5 nitrogen and oxygen atoms in total. The maximum Gasteiger partial charge on any atom is 0.242 e. The minimum atomic E-state index is 0.122. The summed E-state index contributed by atoms with van der Waals surface area (Å²) in [4.78, 5) is 18.6. The van der Waals surface area contributed by atoms with E-state index in [0.717, 1.165) is 31.8 Å². The summed E-state index contributed by atoms with van der Waals surface area (Å²) in [6.45, 7) is 7.17. The van der Waals surface area contributed by atoms with Gasteiger partial charge in [0.05, 0.1) is 6.54 Å². The van der Waals surface area contributed by atoms with E-state index in [1.807, 2.05) is 11.0 Å². The first-order chi connectivity index (χ1) is 12.1. The Morgan fingerprint density at radius 2 is 1.96 bits per heavy atom. The van der Waals surface area contributed by atoms with Crippen molar-refractivity contribution in [1.29, 1.82) is 0 Å². The predicted molar refractivity (Wildman–Crippen MR) is 104 cm³/mol. The third kappa shape index (κ3) is 6.40. The van der Waals surface area contributed by atoms with Crippen molar-refractivity contribution in [3.05, 3.63) is 35.4 Å². The molecule has 0 aliphatic carbocycles. The monoisotopic (exact) mass is 344 g/mol. The molecule has 0 unspecified atom stereocenters. The molecule has 0 atom stereocenters. The second-order valence-electron chi connectivity index (χ2n) is 7.08. The van der Waals surface area contributed by atoms with Crippen LogP contribution in [0, 0.1) is 5.92 Å². The molecule has 138 valence electrons. The van der Waals surface area contributed by atoms with Gasteiger partial charge in [0.25, 0.3) is 0 Å². The van der Waals surface area contributed by atoms with Gasteiger partial charge in [-0.25, -0.2) is 0 Å². The highest BCUT2D eigenvalue weighted by atomic mass is 16.2. The van der Waals surface area contributed by atoms with E-state index >= 15 is 0 Å². The van der Waals surface area contributed by atoms with E-state index in [1.54, 1.807) is 7.05 Å². The molecule has 0 saturated carbocycles. The largest absolute Gasteiger partial charge is 0.356 e. The number of hydrogen-bond donors (Lipinski definition) is 2. The number of amides is 1. The Morgan fingerprint density at radius 1 is 1.20 bits per heavy atom. The van der Waals surface area contributed by atoms with Crippen LogP contribution in [0.4, 0.5) is 0 Å². The second-order valence-corrected chi connectivity index (χ2v) is 7.08. The van der Waals surface area contributed by atoms with Gasteiger partial charge < -0.3 is 15.5 Å². The first-order valence-electron chi connectivity index (χ1n) is 9.39. The van der Waals surface area contributed by atoms with Crippen LogP contribution in [0.3, 0.4) is 0 Å². The Kier molecular flexibility index (Phi) is 7.76. The summed E-state index contributed by atoms with van der Waals surface area (Å²) in [5, 5.41) is 6.42. The molecule has 25 heavy (non-hydrogen) atoms. The van der Waals surface area contributed by atoms with Crippen molar-refractivity contribution in [3.63, 3.8) is 0 Å². The fourth-order valence-electron chi connectivity index (χ4n) is 3.08. The highest BCUT2D eigenvalue weighted by molar-refractivity contribution is 5.86. The van der Waals surface area contributed by atoms with Crippen LogP contribution in [0.2, 0.25) is 0 Å². The molecule has 0 fully saturated rings. The summed E-state index contributed by atoms with van der Waals surface area (Å²) in [6, 6.07) is 8.37. The van der Waals surface area contributed by atoms with Gasteiger partial charge in [0.15, 0.2) is 5.96 Å². The molecule has 5 heteroatoms. The van der Waals surface area contributed by atoms with Gasteiger partial charge >= 0.3 is 0 Å². The number of carbonyl (C=O) groups excluding carboxylic acids is 1. The molecule has 1 aliphatic heterocycles. The van der Waals surface area contributed by atoms with Gasteiger partial charge in [0, 0.05) is 26.7 Å². The molecule has 1 amide bonds. The lowest BCUT2D eigenvalue weighted by Crippen LogP contribution is -2.46. The molecule has 0 radical (unpaired) electrons. The molecule has 0 aromatic heterocycles. The number of fused-ring (bicyclic) bond motifs is 1. The summed E-state index contributed by atoms with van der Waals surface area (Å²) in [5.41, 5.74) is 2.62. The van der Waals surface area contributed by atoms with Crippen LogP contribution >= 0.6 is 0 Å². The topological polar surface area (TPSA) is 56.7 Å². The van der Waals surface area contributed by atoms with E-state index in [4.69, 9.17) is 0 Å².